The quantitative estimate of drug-likeness (QED) is 0.641. The average Bonchev–Trinajstić information content (AvgIpc) is 2.47. The van der Waals surface area contributed by atoms with E-state index in [4.69, 9.17) is 0 Å². The van der Waals surface area contributed by atoms with Gasteiger partial charge in [0.25, 0.3) is 0 Å². The van der Waals surface area contributed by atoms with Crippen molar-refractivity contribution in [3.8, 4) is 0 Å². The Morgan fingerprint density at radius 2 is 2.18 bits per heavy atom. The highest BCUT2D eigenvalue weighted by atomic mass is 31.0. The molecule has 0 radical (unpaired) electrons. The topological polar surface area (TPSA) is 28.7 Å². The molecule has 3 heteroatoms. The molecule has 0 aliphatic rings. The van der Waals surface area contributed by atoms with Gasteiger partial charge in [0, 0.05) is 17.2 Å². The van der Waals surface area contributed by atoms with Crippen molar-refractivity contribution in [1.82, 2.24) is 10.2 Å². The number of benzene rings is 1. The van der Waals surface area contributed by atoms with Crippen LogP contribution in [0.4, 0.5) is 0 Å². The first kappa shape index (κ1) is 6.81. The number of para-hydroxylation sites is 1. The van der Waals surface area contributed by atoms with Crippen molar-refractivity contribution < 1.29 is 0 Å². The number of aromatic nitrogens is 2. The van der Waals surface area contributed by atoms with Crippen molar-refractivity contribution in [3.63, 3.8) is 0 Å². The number of rotatable bonds is 1. The molecule has 56 valence electrons. The number of H-pyrrole nitrogens is 1. The molecule has 1 aromatic carbocycles. The minimum Gasteiger partial charge on any atom is -0.281 e. The SMILES string of the molecule is PCc1[nH]nc2ccccc12. The van der Waals surface area contributed by atoms with Crippen LogP contribution < -0.4 is 0 Å². The van der Waals surface area contributed by atoms with Gasteiger partial charge in [-0.3, -0.25) is 5.10 Å². The highest BCUT2D eigenvalue weighted by Gasteiger charge is 1.99. The van der Waals surface area contributed by atoms with Gasteiger partial charge in [0.15, 0.2) is 0 Å². The summed E-state index contributed by atoms with van der Waals surface area (Å²) in [6, 6.07) is 8.12. The van der Waals surface area contributed by atoms with Crippen LogP contribution in [0.15, 0.2) is 24.3 Å². The molecule has 1 N–H and O–H groups in total. The molecule has 0 saturated carbocycles. The van der Waals surface area contributed by atoms with Gasteiger partial charge in [0.2, 0.25) is 0 Å². The van der Waals surface area contributed by atoms with Crippen molar-refractivity contribution in [1.29, 1.82) is 0 Å². The van der Waals surface area contributed by atoms with Gasteiger partial charge < -0.3 is 0 Å². The Hall–Kier alpha value is -0.880. The van der Waals surface area contributed by atoms with E-state index in [9.17, 15) is 0 Å². The second-order valence-corrected chi connectivity index (χ2v) is 2.83. The van der Waals surface area contributed by atoms with Crippen LogP contribution in [0.25, 0.3) is 10.9 Å². The van der Waals surface area contributed by atoms with Crippen molar-refractivity contribution in [2.24, 2.45) is 0 Å². The van der Waals surface area contributed by atoms with Gasteiger partial charge in [-0.05, 0) is 6.07 Å². The standard InChI is InChI=1S/C8H9N2P/c11-5-8-6-3-1-2-4-7(6)9-10-8/h1-4H,5,11H2,(H,9,10). The Bertz CT molecular complexity index is 367. The molecule has 2 aromatic rings. The Morgan fingerprint density at radius 3 is 3.00 bits per heavy atom. The second-order valence-electron chi connectivity index (χ2n) is 2.42. The van der Waals surface area contributed by atoms with Crippen LogP contribution in [-0.2, 0) is 6.16 Å². The van der Waals surface area contributed by atoms with Crippen LogP contribution in [-0.4, -0.2) is 10.2 Å². The molecular formula is C8H9N2P. The highest BCUT2D eigenvalue weighted by Crippen LogP contribution is 2.16. The first-order chi connectivity index (χ1) is 5.42. The third-order valence-corrected chi connectivity index (χ3v) is 2.15. The molecule has 1 unspecified atom stereocenters. The van der Waals surface area contributed by atoms with E-state index < -0.39 is 0 Å². The number of nitrogens with zero attached hydrogens (tertiary/aromatic N) is 1. The molecule has 2 nitrogen and oxygen atoms in total. The Kier molecular flexibility index (Phi) is 1.63. The molecule has 2 rings (SSSR count). The van der Waals surface area contributed by atoms with Crippen molar-refractivity contribution >= 4 is 20.1 Å². The summed E-state index contributed by atoms with van der Waals surface area (Å²) in [5, 5.41) is 8.37. The number of hydrogen-bond donors (Lipinski definition) is 1. The molecule has 1 heterocycles. The van der Waals surface area contributed by atoms with E-state index in [1.807, 2.05) is 18.2 Å². The highest BCUT2D eigenvalue weighted by molar-refractivity contribution is 7.15. The number of nitrogens with one attached hydrogen (secondary N) is 1. The largest absolute Gasteiger partial charge is 0.281 e. The summed E-state index contributed by atoms with van der Waals surface area (Å²) < 4.78 is 0. The van der Waals surface area contributed by atoms with Crippen LogP contribution in [0, 0.1) is 0 Å². The predicted molar refractivity (Wildman–Crippen MR) is 49.5 cm³/mol. The van der Waals surface area contributed by atoms with Gasteiger partial charge in [-0.15, -0.1) is 9.24 Å². The summed E-state index contributed by atoms with van der Waals surface area (Å²) in [7, 11) is 2.69. The molecule has 0 spiro atoms. The van der Waals surface area contributed by atoms with Crippen LogP contribution >= 0.6 is 9.24 Å². The molecule has 1 aromatic heterocycles. The number of aromatic amines is 1. The van der Waals surface area contributed by atoms with Crippen molar-refractivity contribution in [2.45, 2.75) is 6.16 Å². The summed E-state index contributed by atoms with van der Waals surface area (Å²) in [6.07, 6.45) is 0.931. The number of fused-ring (bicyclic) bond motifs is 1. The zero-order chi connectivity index (χ0) is 7.68. The van der Waals surface area contributed by atoms with Crippen LogP contribution in [0.5, 0.6) is 0 Å². The minimum absolute atomic E-state index is 0.931. The maximum absolute atomic E-state index is 4.15. The Labute approximate surface area is 67.2 Å². The van der Waals surface area contributed by atoms with E-state index in [2.05, 4.69) is 25.5 Å². The van der Waals surface area contributed by atoms with Gasteiger partial charge in [0.1, 0.15) is 0 Å². The number of hydrogen-bond acceptors (Lipinski definition) is 1. The average molecular weight is 164 g/mol. The first-order valence-electron chi connectivity index (χ1n) is 3.54. The van der Waals surface area contributed by atoms with E-state index in [-0.39, 0.29) is 0 Å². The van der Waals surface area contributed by atoms with Crippen LogP contribution in [0.2, 0.25) is 0 Å². The summed E-state index contributed by atoms with van der Waals surface area (Å²) in [5.74, 6) is 0. The lowest BCUT2D eigenvalue weighted by Crippen LogP contribution is -1.75. The van der Waals surface area contributed by atoms with Gasteiger partial charge >= 0.3 is 0 Å². The van der Waals surface area contributed by atoms with Crippen LogP contribution in [0.1, 0.15) is 5.69 Å². The monoisotopic (exact) mass is 164 g/mol. The summed E-state index contributed by atoms with van der Waals surface area (Å²) in [5.41, 5.74) is 2.23. The normalized spacial score (nSPS) is 10.6. The predicted octanol–water partition coefficient (Wildman–Crippen LogP) is 1.94. The molecule has 11 heavy (non-hydrogen) atoms. The third-order valence-electron chi connectivity index (χ3n) is 1.74. The van der Waals surface area contributed by atoms with E-state index in [0.717, 1.165) is 11.7 Å². The molecule has 0 bridgehead atoms. The van der Waals surface area contributed by atoms with Gasteiger partial charge in [-0.1, -0.05) is 18.2 Å². The summed E-state index contributed by atoms with van der Waals surface area (Å²) >= 11 is 0. The lowest BCUT2D eigenvalue weighted by Gasteiger charge is -1.88. The first-order valence-corrected chi connectivity index (χ1v) is 4.35. The van der Waals surface area contributed by atoms with Gasteiger partial charge in [-0.2, -0.15) is 5.10 Å². The van der Waals surface area contributed by atoms with Crippen molar-refractivity contribution in [3.05, 3.63) is 30.0 Å². The lowest BCUT2D eigenvalue weighted by atomic mass is 10.2. The molecule has 0 aliphatic carbocycles. The summed E-state index contributed by atoms with van der Waals surface area (Å²) in [4.78, 5) is 0. The van der Waals surface area contributed by atoms with E-state index in [1.165, 1.54) is 11.1 Å². The third kappa shape index (κ3) is 1.04. The maximum atomic E-state index is 4.15. The lowest BCUT2D eigenvalue weighted by molar-refractivity contribution is 1.06. The Morgan fingerprint density at radius 1 is 1.36 bits per heavy atom. The van der Waals surface area contributed by atoms with E-state index in [1.54, 1.807) is 0 Å². The molecule has 0 fully saturated rings. The molecular weight excluding hydrogens is 155 g/mol. The fourth-order valence-corrected chi connectivity index (χ4v) is 1.48. The maximum Gasteiger partial charge on any atom is 0.0923 e. The molecule has 0 saturated heterocycles. The minimum atomic E-state index is 0.931. The molecule has 0 amide bonds. The Balaban J connectivity index is 2.76. The van der Waals surface area contributed by atoms with E-state index >= 15 is 0 Å². The van der Waals surface area contributed by atoms with Gasteiger partial charge in [-0.25, -0.2) is 0 Å². The van der Waals surface area contributed by atoms with Crippen molar-refractivity contribution in [2.75, 3.05) is 0 Å². The molecule has 1 atom stereocenters. The fraction of sp³-hybridized carbons (Fsp3) is 0.125. The second kappa shape index (κ2) is 2.63. The summed E-state index contributed by atoms with van der Waals surface area (Å²) in [6.45, 7) is 0. The fourth-order valence-electron chi connectivity index (χ4n) is 1.17. The zero-order valence-corrected chi connectivity index (χ0v) is 7.20. The zero-order valence-electron chi connectivity index (χ0n) is 6.04. The molecule has 0 aliphatic heterocycles. The van der Waals surface area contributed by atoms with Gasteiger partial charge in [0.05, 0.1) is 5.52 Å². The van der Waals surface area contributed by atoms with Crippen LogP contribution in [0.3, 0.4) is 0 Å². The van der Waals surface area contributed by atoms with E-state index in [0.29, 0.717) is 0 Å². The smallest absolute Gasteiger partial charge is 0.0923 e.